The highest BCUT2D eigenvalue weighted by molar-refractivity contribution is 5.94. The molecule has 1 heterocycles. The van der Waals surface area contributed by atoms with Crippen LogP contribution in [0, 0.1) is 0 Å². The van der Waals surface area contributed by atoms with Crippen molar-refractivity contribution in [3.63, 3.8) is 0 Å². The maximum Gasteiger partial charge on any atom is 0.338 e. The van der Waals surface area contributed by atoms with Crippen LogP contribution in [0.3, 0.4) is 0 Å². The SMILES string of the molecule is CCOC(=O)c1ccc2nc(NCc3ccc(N(C)C)cc3)[nH]c2c1. The van der Waals surface area contributed by atoms with E-state index in [1.165, 1.54) is 11.3 Å². The molecular formula is C19H22N4O2. The van der Waals surface area contributed by atoms with Crippen LogP contribution in [0.5, 0.6) is 0 Å². The van der Waals surface area contributed by atoms with Crippen LogP contribution in [0.4, 0.5) is 11.6 Å². The number of ether oxygens (including phenoxy) is 1. The molecule has 0 radical (unpaired) electrons. The Morgan fingerprint density at radius 2 is 1.96 bits per heavy atom. The fourth-order valence-electron chi connectivity index (χ4n) is 2.53. The summed E-state index contributed by atoms with van der Waals surface area (Å²) < 4.78 is 5.02. The molecule has 0 bridgehead atoms. The van der Waals surface area contributed by atoms with Crippen LogP contribution in [0.15, 0.2) is 42.5 Å². The zero-order valence-corrected chi connectivity index (χ0v) is 14.7. The van der Waals surface area contributed by atoms with Crippen molar-refractivity contribution in [2.24, 2.45) is 0 Å². The largest absolute Gasteiger partial charge is 0.462 e. The van der Waals surface area contributed by atoms with Gasteiger partial charge in [0.25, 0.3) is 0 Å². The Morgan fingerprint density at radius 1 is 1.20 bits per heavy atom. The molecule has 6 heteroatoms. The second-order valence-corrected chi connectivity index (χ2v) is 5.95. The van der Waals surface area contributed by atoms with E-state index in [2.05, 4.69) is 44.5 Å². The van der Waals surface area contributed by atoms with Gasteiger partial charge in [-0.2, -0.15) is 0 Å². The molecule has 0 aliphatic carbocycles. The smallest absolute Gasteiger partial charge is 0.338 e. The fraction of sp³-hybridized carbons (Fsp3) is 0.263. The van der Waals surface area contributed by atoms with Gasteiger partial charge in [-0.3, -0.25) is 0 Å². The second kappa shape index (κ2) is 7.25. The van der Waals surface area contributed by atoms with Crippen molar-refractivity contribution in [3.05, 3.63) is 53.6 Å². The van der Waals surface area contributed by atoms with Gasteiger partial charge >= 0.3 is 5.97 Å². The lowest BCUT2D eigenvalue weighted by molar-refractivity contribution is 0.0526. The molecule has 0 saturated carbocycles. The zero-order chi connectivity index (χ0) is 17.8. The van der Waals surface area contributed by atoms with E-state index < -0.39 is 0 Å². The topological polar surface area (TPSA) is 70.2 Å². The minimum Gasteiger partial charge on any atom is -0.462 e. The Labute approximate surface area is 146 Å². The van der Waals surface area contributed by atoms with Crippen LogP contribution >= 0.6 is 0 Å². The number of anilines is 2. The normalized spacial score (nSPS) is 10.7. The molecule has 25 heavy (non-hydrogen) atoms. The van der Waals surface area contributed by atoms with Crippen molar-refractivity contribution >= 4 is 28.6 Å². The van der Waals surface area contributed by atoms with E-state index in [-0.39, 0.29) is 5.97 Å². The van der Waals surface area contributed by atoms with Gasteiger partial charge < -0.3 is 19.9 Å². The van der Waals surface area contributed by atoms with Crippen LogP contribution in [0.1, 0.15) is 22.8 Å². The molecule has 3 rings (SSSR count). The number of rotatable bonds is 6. The van der Waals surface area contributed by atoms with Crippen LogP contribution in [0.25, 0.3) is 11.0 Å². The first-order valence-corrected chi connectivity index (χ1v) is 8.24. The van der Waals surface area contributed by atoms with Gasteiger partial charge in [-0.25, -0.2) is 9.78 Å². The Bertz CT molecular complexity index is 869. The van der Waals surface area contributed by atoms with Crippen LogP contribution < -0.4 is 10.2 Å². The van der Waals surface area contributed by atoms with Gasteiger partial charge in [0.05, 0.1) is 23.2 Å². The van der Waals surface area contributed by atoms with Crippen LogP contribution in [0.2, 0.25) is 0 Å². The van der Waals surface area contributed by atoms with Gasteiger partial charge in [0.15, 0.2) is 0 Å². The molecule has 2 N–H and O–H groups in total. The molecule has 0 unspecified atom stereocenters. The lowest BCUT2D eigenvalue weighted by Crippen LogP contribution is -2.08. The number of esters is 1. The molecule has 0 spiro atoms. The number of carbonyl (C=O) groups excluding carboxylic acids is 1. The molecule has 0 saturated heterocycles. The number of hydrogen-bond donors (Lipinski definition) is 2. The Morgan fingerprint density at radius 3 is 2.64 bits per heavy atom. The molecule has 0 aliphatic rings. The van der Waals surface area contributed by atoms with Gasteiger partial charge in [-0.05, 0) is 42.8 Å². The van der Waals surface area contributed by atoms with Crippen LogP contribution in [-0.2, 0) is 11.3 Å². The summed E-state index contributed by atoms with van der Waals surface area (Å²) in [5.41, 5.74) is 4.45. The van der Waals surface area contributed by atoms with Gasteiger partial charge in [0, 0.05) is 26.3 Å². The number of nitrogens with one attached hydrogen (secondary N) is 2. The number of imidazole rings is 1. The van der Waals surface area contributed by atoms with Crippen LogP contribution in [-0.4, -0.2) is 36.6 Å². The van der Waals surface area contributed by atoms with Crippen molar-refractivity contribution in [1.82, 2.24) is 9.97 Å². The number of aromatic nitrogens is 2. The molecule has 1 aromatic heterocycles. The summed E-state index contributed by atoms with van der Waals surface area (Å²) in [6.07, 6.45) is 0. The van der Waals surface area contributed by atoms with Gasteiger partial charge in [0.2, 0.25) is 5.95 Å². The first-order valence-electron chi connectivity index (χ1n) is 8.24. The summed E-state index contributed by atoms with van der Waals surface area (Å²) in [6, 6.07) is 13.6. The third kappa shape index (κ3) is 3.91. The summed E-state index contributed by atoms with van der Waals surface area (Å²) in [4.78, 5) is 21.6. The quantitative estimate of drug-likeness (QED) is 0.674. The number of hydrogen-bond acceptors (Lipinski definition) is 5. The Balaban J connectivity index is 1.70. The van der Waals surface area contributed by atoms with E-state index in [0.29, 0.717) is 24.7 Å². The first-order chi connectivity index (χ1) is 12.1. The third-order valence-electron chi connectivity index (χ3n) is 3.91. The maximum absolute atomic E-state index is 11.8. The highest BCUT2D eigenvalue weighted by Crippen LogP contribution is 2.18. The van der Waals surface area contributed by atoms with Crippen molar-refractivity contribution in [2.75, 3.05) is 30.9 Å². The molecule has 0 fully saturated rings. The van der Waals surface area contributed by atoms with Crippen molar-refractivity contribution in [1.29, 1.82) is 0 Å². The zero-order valence-electron chi connectivity index (χ0n) is 14.7. The van der Waals surface area contributed by atoms with Crippen molar-refractivity contribution in [2.45, 2.75) is 13.5 Å². The lowest BCUT2D eigenvalue weighted by atomic mass is 10.2. The molecule has 2 aromatic carbocycles. The van der Waals surface area contributed by atoms with Crippen molar-refractivity contribution < 1.29 is 9.53 Å². The van der Waals surface area contributed by atoms with Gasteiger partial charge in [0.1, 0.15) is 0 Å². The summed E-state index contributed by atoms with van der Waals surface area (Å²) in [6.45, 7) is 2.82. The van der Waals surface area contributed by atoms with Gasteiger partial charge in [-0.15, -0.1) is 0 Å². The maximum atomic E-state index is 11.8. The number of aromatic amines is 1. The number of benzene rings is 2. The molecule has 3 aromatic rings. The number of nitrogens with zero attached hydrogens (tertiary/aromatic N) is 2. The monoisotopic (exact) mass is 338 g/mol. The van der Waals surface area contributed by atoms with Gasteiger partial charge in [-0.1, -0.05) is 12.1 Å². The van der Waals surface area contributed by atoms with E-state index in [4.69, 9.17) is 4.74 Å². The Kier molecular flexibility index (Phi) is 4.88. The van der Waals surface area contributed by atoms with E-state index >= 15 is 0 Å². The molecule has 0 atom stereocenters. The van der Waals surface area contributed by atoms with E-state index in [1.54, 1.807) is 19.1 Å². The predicted molar refractivity (Wildman–Crippen MR) is 100 cm³/mol. The third-order valence-corrected chi connectivity index (χ3v) is 3.91. The fourth-order valence-corrected chi connectivity index (χ4v) is 2.53. The molecule has 6 nitrogen and oxygen atoms in total. The number of carbonyl (C=O) groups is 1. The average Bonchev–Trinajstić information content (AvgIpc) is 3.02. The molecule has 0 aliphatic heterocycles. The van der Waals surface area contributed by atoms with E-state index in [9.17, 15) is 4.79 Å². The van der Waals surface area contributed by atoms with E-state index in [0.717, 1.165) is 11.0 Å². The minimum atomic E-state index is -0.325. The highest BCUT2D eigenvalue weighted by Gasteiger charge is 2.09. The second-order valence-electron chi connectivity index (χ2n) is 5.95. The highest BCUT2D eigenvalue weighted by atomic mass is 16.5. The average molecular weight is 338 g/mol. The lowest BCUT2D eigenvalue weighted by Gasteiger charge is -2.12. The molecule has 0 amide bonds. The number of fused-ring (bicyclic) bond motifs is 1. The summed E-state index contributed by atoms with van der Waals surface area (Å²) >= 11 is 0. The Hall–Kier alpha value is -3.02. The molecular weight excluding hydrogens is 316 g/mol. The summed E-state index contributed by atoms with van der Waals surface area (Å²) in [7, 11) is 4.04. The summed E-state index contributed by atoms with van der Waals surface area (Å²) in [5, 5.41) is 3.28. The minimum absolute atomic E-state index is 0.325. The van der Waals surface area contributed by atoms with E-state index in [1.807, 2.05) is 20.2 Å². The number of H-pyrrole nitrogens is 1. The predicted octanol–water partition coefficient (Wildman–Crippen LogP) is 3.42. The first kappa shape index (κ1) is 16.8. The van der Waals surface area contributed by atoms with Crippen molar-refractivity contribution in [3.8, 4) is 0 Å². The standard InChI is InChI=1S/C19H22N4O2/c1-4-25-18(24)14-7-10-16-17(11-14)22-19(21-16)20-12-13-5-8-15(9-6-13)23(2)3/h5-11H,4,12H2,1-3H3,(H2,20,21,22). The summed E-state index contributed by atoms with van der Waals surface area (Å²) in [5.74, 6) is 0.349. The molecule has 130 valence electrons.